The van der Waals surface area contributed by atoms with Gasteiger partial charge in [-0.05, 0) is 43.0 Å². The van der Waals surface area contributed by atoms with E-state index in [1.54, 1.807) is 0 Å². The summed E-state index contributed by atoms with van der Waals surface area (Å²) in [5.74, 6) is -0.858. The standard InChI is InChI=1S/C24H24F6N2O2/c25-23(26,27)17-9-16(10-18(11-17)24(28,29)30)22(34)32-13-19-6-7-21(33)14-31(19)12-20(32)8-15-4-2-1-3-5-15/h1-5,9-11,19-21,33H,6-8,12-14H2/t19-,20-,21+/m1/s1. The third-order valence-electron chi connectivity index (χ3n) is 6.50. The quantitative estimate of drug-likeness (QED) is 0.645. The summed E-state index contributed by atoms with van der Waals surface area (Å²) >= 11 is 0. The Balaban J connectivity index is 1.70. The van der Waals surface area contributed by atoms with Crippen LogP contribution in [0.1, 0.15) is 39.9 Å². The molecule has 34 heavy (non-hydrogen) atoms. The highest BCUT2D eigenvalue weighted by Crippen LogP contribution is 2.37. The Bertz CT molecular complexity index is 992. The van der Waals surface area contributed by atoms with E-state index >= 15 is 0 Å². The largest absolute Gasteiger partial charge is 0.416 e. The van der Waals surface area contributed by atoms with Gasteiger partial charge in [0.25, 0.3) is 5.91 Å². The number of alkyl halides is 6. The van der Waals surface area contributed by atoms with Gasteiger partial charge in [-0.25, -0.2) is 0 Å². The SMILES string of the molecule is O=C(c1cc(C(F)(F)F)cc(C(F)(F)F)c1)N1C[C@H]2CC[C@H](O)CN2C[C@H]1Cc1ccccc1. The summed E-state index contributed by atoms with van der Waals surface area (Å²) in [5, 5.41) is 10.1. The van der Waals surface area contributed by atoms with Crippen LogP contribution in [-0.4, -0.2) is 58.6 Å². The van der Waals surface area contributed by atoms with Crippen LogP contribution in [0.25, 0.3) is 0 Å². The van der Waals surface area contributed by atoms with Gasteiger partial charge in [-0.15, -0.1) is 0 Å². The molecule has 184 valence electrons. The fourth-order valence-electron chi connectivity index (χ4n) is 4.81. The van der Waals surface area contributed by atoms with Crippen molar-refractivity contribution < 1.29 is 36.2 Å². The Kier molecular flexibility index (Phi) is 6.65. The monoisotopic (exact) mass is 486 g/mol. The zero-order chi connectivity index (χ0) is 24.7. The van der Waals surface area contributed by atoms with E-state index in [4.69, 9.17) is 0 Å². The predicted molar refractivity (Wildman–Crippen MR) is 112 cm³/mol. The van der Waals surface area contributed by atoms with Crippen molar-refractivity contribution in [2.24, 2.45) is 0 Å². The van der Waals surface area contributed by atoms with Crippen LogP contribution >= 0.6 is 0 Å². The van der Waals surface area contributed by atoms with Crippen LogP contribution in [0, 0.1) is 0 Å². The number of carbonyl (C=O) groups excluding carboxylic acids is 1. The number of nitrogens with zero attached hydrogens (tertiary/aromatic N) is 2. The van der Waals surface area contributed by atoms with E-state index in [-0.39, 0.29) is 18.7 Å². The molecule has 2 aromatic carbocycles. The van der Waals surface area contributed by atoms with E-state index in [9.17, 15) is 36.2 Å². The van der Waals surface area contributed by atoms with Crippen LogP contribution in [0.5, 0.6) is 0 Å². The molecule has 2 heterocycles. The minimum absolute atomic E-state index is 0.0265. The van der Waals surface area contributed by atoms with Crippen LogP contribution in [0.4, 0.5) is 26.3 Å². The normalized spacial score (nSPS) is 24.1. The first-order valence-corrected chi connectivity index (χ1v) is 11.0. The van der Waals surface area contributed by atoms with Crippen LogP contribution < -0.4 is 0 Å². The summed E-state index contributed by atoms with van der Waals surface area (Å²) in [6, 6.07) is 9.59. The van der Waals surface area contributed by atoms with Gasteiger partial charge in [-0.3, -0.25) is 9.69 Å². The molecule has 0 radical (unpaired) electrons. The number of halogens is 6. The average Bonchev–Trinajstić information content (AvgIpc) is 2.77. The molecule has 3 atom stereocenters. The molecule has 2 saturated heterocycles. The van der Waals surface area contributed by atoms with Crippen LogP contribution in [0.15, 0.2) is 48.5 Å². The topological polar surface area (TPSA) is 43.8 Å². The number of hydrogen-bond donors (Lipinski definition) is 1. The van der Waals surface area contributed by atoms with Crippen molar-refractivity contribution in [3.8, 4) is 0 Å². The van der Waals surface area contributed by atoms with Gasteiger partial charge in [0.15, 0.2) is 0 Å². The second-order valence-electron chi connectivity index (χ2n) is 8.93. The third kappa shape index (κ3) is 5.38. The summed E-state index contributed by atoms with van der Waals surface area (Å²) in [5.41, 5.74) is -2.76. The summed E-state index contributed by atoms with van der Waals surface area (Å²) in [4.78, 5) is 16.9. The molecule has 0 unspecified atom stereocenters. The summed E-state index contributed by atoms with van der Waals surface area (Å²) in [7, 11) is 0. The van der Waals surface area contributed by atoms with Gasteiger partial charge in [0.05, 0.1) is 17.2 Å². The number of hydrogen-bond acceptors (Lipinski definition) is 3. The molecule has 4 nitrogen and oxygen atoms in total. The summed E-state index contributed by atoms with van der Waals surface area (Å²) in [6.45, 7) is 0.952. The molecule has 0 spiro atoms. The van der Waals surface area contributed by atoms with Crippen molar-refractivity contribution in [3.63, 3.8) is 0 Å². The van der Waals surface area contributed by atoms with Crippen molar-refractivity contribution in [1.29, 1.82) is 0 Å². The van der Waals surface area contributed by atoms with E-state index in [0.29, 0.717) is 44.5 Å². The van der Waals surface area contributed by atoms with Crippen molar-refractivity contribution in [2.75, 3.05) is 19.6 Å². The van der Waals surface area contributed by atoms with E-state index in [1.165, 1.54) is 4.90 Å². The number of carbonyl (C=O) groups is 1. The molecule has 2 aromatic rings. The van der Waals surface area contributed by atoms with Gasteiger partial charge in [-0.1, -0.05) is 30.3 Å². The Morgan fingerprint density at radius 1 is 0.882 bits per heavy atom. The molecule has 0 aromatic heterocycles. The zero-order valence-corrected chi connectivity index (χ0v) is 18.1. The van der Waals surface area contributed by atoms with Gasteiger partial charge in [-0.2, -0.15) is 26.3 Å². The lowest BCUT2D eigenvalue weighted by atomic mass is 9.92. The Labute approximate surface area is 192 Å². The molecule has 10 heteroatoms. The number of aliphatic hydroxyl groups is 1. The molecule has 1 N–H and O–H groups in total. The zero-order valence-electron chi connectivity index (χ0n) is 18.1. The maximum atomic E-state index is 13.4. The van der Waals surface area contributed by atoms with E-state index < -0.39 is 47.1 Å². The van der Waals surface area contributed by atoms with Crippen molar-refractivity contribution in [3.05, 3.63) is 70.8 Å². The molecule has 0 aliphatic carbocycles. The number of benzene rings is 2. The molecule has 0 saturated carbocycles. The maximum Gasteiger partial charge on any atom is 0.416 e. The first-order valence-electron chi connectivity index (χ1n) is 11.0. The molecule has 4 rings (SSSR count). The summed E-state index contributed by atoms with van der Waals surface area (Å²) < 4.78 is 80.0. The molecule has 2 aliphatic rings. The van der Waals surface area contributed by atoms with Crippen LogP contribution in [0.2, 0.25) is 0 Å². The number of piperazine rings is 1. The second kappa shape index (κ2) is 9.22. The van der Waals surface area contributed by atoms with Crippen LogP contribution in [0.3, 0.4) is 0 Å². The Morgan fingerprint density at radius 2 is 1.50 bits per heavy atom. The minimum atomic E-state index is -5.03. The van der Waals surface area contributed by atoms with Gasteiger partial charge in [0.2, 0.25) is 0 Å². The Hall–Kier alpha value is -2.59. The van der Waals surface area contributed by atoms with Crippen molar-refractivity contribution in [2.45, 2.75) is 49.8 Å². The van der Waals surface area contributed by atoms with Gasteiger partial charge >= 0.3 is 12.4 Å². The first kappa shape index (κ1) is 24.5. The van der Waals surface area contributed by atoms with Crippen LogP contribution in [-0.2, 0) is 18.8 Å². The molecule has 2 aliphatic heterocycles. The highest BCUT2D eigenvalue weighted by molar-refractivity contribution is 5.95. The van der Waals surface area contributed by atoms with E-state index in [0.717, 1.165) is 5.56 Å². The molecule has 1 amide bonds. The molecular weight excluding hydrogens is 462 g/mol. The average molecular weight is 486 g/mol. The maximum absolute atomic E-state index is 13.4. The predicted octanol–water partition coefficient (Wildman–Crippen LogP) is 4.62. The molecular formula is C24H24F6N2O2. The number of amides is 1. The number of rotatable bonds is 3. The lowest BCUT2D eigenvalue weighted by Gasteiger charge is -2.49. The lowest BCUT2D eigenvalue weighted by Crippen LogP contribution is -2.63. The number of aliphatic hydroxyl groups excluding tert-OH is 1. The van der Waals surface area contributed by atoms with Gasteiger partial charge in [0, 0.05) is 37.3 Å². The number of piperidine rings is 1. The fraction of sp³-hybridized carbons (Fsp3) is 0.458. The van der Waals surface area contributed by atoms with Gasteiger partial charge < -0.3 is 10.0 Å². The number of fused-ring (bicyclic) bond motifs is 1. The highest BCUT2D eigenvalue weighted by Gasteiger charge is 2.41. The van der Waals surface area contributed by atoms with Crippen molar-refractivity contribution in [1.82, 2.24) is 9.80 Å². The minimum Gasteiger partial charge on any atom is -0.392 e. The lowest BCUT2D eigenvalue weighted by molar-refractivity contribution is -0.143. The molecule has 0 bridgehead atoms. The van der Waals surface area contributed by atoms with E-state index in [1.807, 2.05) is 30.3 Å². The van der Waals surface area contributed by atoms with Gasteiger partial charge in [0.1, 0.15) is 0 Å². The Morgan fingerprint density at radius 3 is 2.09 bits per heavy atom. The smallest absolute Gasteiger partial charge is 0.392 e. The van der Waals surface area contributed by atoms with Crippen molar-refractivity contribution >= 4 is 5.91 Å². The highest BCUT2D eigenvalue weighted by atomic mass is 19.4. The second-order valence-corrected chi connectivity index (χ2v) is 8.93. The fourth-order valence-corrected chi connectivity index (χ4v) is 4.81. The summed E-state index contributed by atoms with van der Waals surface area (Å²) in [6.07, 6.45) is -9.07. The first-order chi connectivity index (χ1) is 15.9. The molecule has 2 fully saturated rings. The van der Waals surface area contributed by atoms with E-state index in [2.05, 4.69) is 4.90 Å². The third-order valence-corrected chi connectivity index (χ3v) is 6.50.